The minimum atomic E-state index is -0.229. The molecule has 0 radical (unpaired) electrons. The SMILES string of the molecule is O=C(NCCc1c[nH]c2ccccc12)c1cnc(NCc2ccncc2)cn1. The first-order valence-electron chi connectivity index (χ1n) is 9.07. The molecule has 1 amide bonds. The molecule has 0 saturated heterocycles. The van der Waals surface area contributed by atoms with Crippen LogP contribution in [0.5, 0.6) is 0 Å². The number of amides is 1. The quantitative estimate of drug-likeness (QED) is 0.464. The summed E-state index contributed by atoms with van der Waals surface area (Å²) in [5.41, 5.74) is 3.67. The highest BCUT2D eigenvalue weighted by Gasteiger charge is 2.09. The number of carbonyl (C=O) groups is 1. The van der Waals surface area contributed by atoms with E-state index in [1.165, 1.54) is 17.1 Å². The van der Waals surface area contributed by atoms with Gasteiger partial charge < -0.3 is 15.6 Å². The maximum atomic E-state index is 12.3. The lowest BCUT2D eigenvalue weighted by molar-refractivity contribution is 0.0949. The van der Waals surface area contributed by atoms with Gasteiger partial charge in [-0.05, 0) is 35.7 Å². The fourth-order valence-corrected chi connectivity index (χ4v) is 2.97. The van der Waals surface area contributed by atoms with Crippen LogP contribution < -0.4 is 10.6 Å². The van der Waals surface area contributed by atoms with E-state index in [0.717, 1.165) is 17.5 Å². The van der Waals surface area contributed by atoms with Gasteiger partial charge in [-0.2, -0.15) is 0 Å². The molecule has 7 nitrogen and oxygen atoms in total. The molecule has 0 aliphatic heterocycles. The second kappa shape index (κ2) is 8.30. The van der Waals surface area contributed by atoms with Crippen LogP contribution in [0.2, 0.25) is 0 Å². The summed E-state index contributed by atoms with van der Waals surface area (Å²) in [6.45, 7) is 1.15. The number of aromatic nitrogens is 4. The Balaban J connectivity index is 1.28. The van der Waals surface area contributed by atoms with Gasteiger partial charge in [0.25, 0.3) is 5.91 Å². The number of nitrogens with one attached hydrogen (secondary N) is 3. The number of H-pyrrole nitrogens is 1. The van der Waals surface area contributed by atoms with E-state index in [9.17, 15) is 4.79 Å². The van der Waals surface area contributed by atoms with Crippen molar-refractivity contribution in [1.82, 2.24) is 25.3 Å². The third-order valence-corrected chi connectivity index (χ3v) is 4.46. The van der Waals surface area contributed by atoms with Crippen molar-refractivity contribution >= 4 is 22.6 Å². The lowest BCUT2D eigenvalue weighted by Gasteiger charge is -2.07. The Kier molecular flexibility index (Phi) is 5.24. The monoisotopic (exact) mass is 372 g/mol. The summed E-state index contributed by atoms with van der Waals surface area (Å²) in [6, 6.07) is 12.0. The summed E-state index contributed by atoms with van der Waals surface area (Å²) in [5.74, 6) is 0.389. The molecule has 0 aliphatic rings. The number of nitrogens with zero attached hydrogens (tertiary/aromatic N) is 3. The molecule has 7 heteroatoms. The Morgan fingerprint density at radius 2 is 1.89 bits per heavy atom. The Morgan fingerprint density at radius 3 is 2.71 bits per heavy atom. The van der Waals surface area contributed by atoms with Crippen LogP contribution in [0, 0.1) is 0 Å². The molecular weight excluding hydrogens is 352 g/mol. The normalized spacial score (nSPS) is 10.7. The Morgan fingerprint density at radius 1 is 1.04 bits per heavy atom. The molecule has 0 fully saturated rings. The lowest BCUT2D eigenvalue weighted by atomic mass is 10.1. The van der Waals surface area contributed by atoms with Gasteiger partial charge in [0, 0.05) is 42.6 Å². The Bertz CT molecular complexity index is 1060. The smallest absolute Gasteiger partial charge is 0.271 e. The maximum Gasteiger partial charge on any atom is 0.271 e. The predicted octanol–water partition coefficient (Wildman–Crippen LogP) is 2.94. The van der Waals surface area contributed by atoms with Crippen molar-refractivity contribution in [3.8, 4) is 0 Å². The average Bonchev–Trinajstić information content (AvgIpc) is 3.16. The van der Waals surface area contributed by atoms with Crippen LogP contribution in [0.1, 0.15) is 21.6 Å². The average molecular weight is 372 g/mol. The van der Waals surface area contributed by atoms with Crippen molar-refractivity contribution in [2.75, 3.05) is 11.9 Å². The van der Waals surface area contributed by atoms with Gasteiger partial charge in [0.15, 0.2) is 0 Å². The first-order valence-corrected chi connectivity index (χ1v) is 9.07. The molecule has 4 aromatic rings. The summed E-state index contributed by atoms with van der Waals surface area (Å²) >= 11 is 0. The maximum absolute atomic E-state index is 12.3. The van der Waals surface area contributed by atoms with Gasteiger partial charge in [0.1, 0.15) is 11.5 Å². The van der Waals surface area contributed by atoms with Crippen LogP contribution in [0.4, 0.5) is 5.82 Å². The van der Waals surface area contributed by atoms with Gasteiger partial charge in [0.2, 0.25) is 0 Å². The molecular formula is C21H20N6O. The van der Waals surface area contributed by atoms with Crippen LogP contribution >= 0.6 is 0 Å². The van der Waals surface area contributed by atoms with E-state index in [0.29, 0.717) is 24.6 Å². The molecule has 4 rings (SSSR count). The number of aromatic amines is 1. The first kappa shape index (κ1) is 17.7. The fourth-order valence-electron chi connectivity index (χ4n) is 2.97. The number of pyridine rings is 1. The third kappa shape index (κ3) is 4.15. The van der Waals surface area contributed by atoms with E-state index in [2.05, 4.69) is 36.6 Å². The predicted molar refractivity (Wildman–Crippen MR) is 108 cm³/mol. The second-order valence-electron chi connectivity index (χ2n) is 6.36. The van der Waals surface area contributed by atoms with Crippen molar-refractivity contribution < 1.29 is 4.79 Å². The summed E-state index contributed by atoms with van der Waals surface area (Å²) in [6.07, 6.45) is 9.26. The largest absolute Gasteiger partial charge is 0.365 e. The minimum absolute atomic E-state index is 0.229. The zero-order valence-electron chi connectivity index (χ0n) is 15.2. The van der Waals surface area contributed by atoms with Gasteiger partial charge in [-0.3, -0.25) is 9.78 Å². The molecule has 3 N–H and O–H groups in total. The fraction of sp³-hybridized carbons (Fsp3) is 0.143. The number of hydrogen-bond donors (Lipinski definition) is 3. The van der Waals surface area contributed by atoms with Gasteiger partial charge in [0.05, 0.1) is 12.4 Å². The van der Waals surface area contributed by atoms with E-state index in [4.69, 9.17) is 0 Å². The molecule has 0 bridgehead atoms. The van der Waals surface area contributed by atoms with E-state index in [1.807, 2.05) is 36.5 Å². The molecule has 0 saturated carbocycles. The van der Waals surface area contributed by atoms with Gasteiger partial charge >= 0.3 is 0 Å². The zero-order chi connectivity index (χ0) is 19.2. The molecule has 3 aromatic heterocycles. The lowest BCUT2D eigenvalue weighted by Crippen LogP contribution is -2.26. The number of fused-ring (bicyclic) bond motifs is 1. The Labute approximate surface area is 162 Å². The highest BCUT2D eigenvalue weighted by Crippen LogP contribution is 2.17. The molecule has 0 aliphatic carbocycles. The summed E-state index contributed by atoms with van der Waals surface area (Å²) in [5, 5.41) is 7.25. The van der Waals surface area contributed by atoms with Crippen LogP contribution in [0.15, 0.2) is 67.4 Å². The summed E-state index contributed by atoms with van der Waals surface area (Å²) in [4.78, 5) is 28.0. The molecule has 0 spiro atoms. The minimum Gasteiger partial charge on any atom is -0.365 e. The first-order chi connectivity index (χ1) is 13.8. The number of rotatable bonds is 7. The van der Waals surface area contributed by atoms with Crippen LogP contribution in [0.3, 0.4) is 0 Å². The van der Waals surface area contributed by atoms with Gasteiger partial charge in [-0.25, -0.2) is 9.97 Å². The molecule has 140 valence electrons. The van der Waals surface area contributed by atoms with Crippen molar-refractivity contribution in [3.05, 3.63) is 84.2 Å². The highest BCUT2D eigenvalue weighted by molar-refractivity contribution is 5.92. The van der Waals surface area contributed by atoms with Gasteiger partial charge in [-0.15, -0.1) is 0 Å². The number of anilines is 1. The van der Waals surface area contributed by atoms with Gasteiger partial charge in [-0.1, -0.05) is 18.2 Å². The third-order valence-electron chi connectivity index (χ3n) is 4.46. The van der Waals surface area contributed by atoms with Crippen molar-refractivity contribution in [2.45, 2.75) is 13.0 Å². The topological polar surface area (TPSA) is 95.6 Å². The summed E-state index contributed by atoms with van der Waals surface area (Å²) < 4.78 is 0. The zero-order valence-corrected chi connectivity index (χ0v) is 15.2. The summed E-state index contributed by atoms with van der Waals surface area (Å²) in [7, 11) is 0. The molecule has 1 aromatic carbocycles. The van der Waals surface area contributed by atoms with Crippen molar-refractivity contribution in [2.24, 2.45) is 0 Å². The van der Waals surface area contributed by atoms with Crippen molar-refractivity contribution in [1.29, 1.82) is 0 Å². The molecule has 3 heterocycles. The van der Waals surface area contributed by atoms with Crippen LogP contribution in [-0.4, -0.2) is 32.4 Å². The highest BCUT2D eigenvalue weighted by atomic mass is 16.1. The van der Waals surface area contributed by atoms with E-state index >= 15 is 0 Å². The van der Waals surface area contributed by atoms with E-state index < -0.39 is 0 Å². The molecule has 0 unspecified atom stereocenters. The van der Waals surface area contributed by atoms with E-state index in [-0.39, 0.29) is 5.91 Å². The molecule has 28 heavy (non-hydrogen) atoms. The Hall–Kier alpha value is -3.74. The van der Waals surface area contributed by atoms with Crippen molar-refractivity contribution in [3.63, 3.8) is 0 Å². The number of carbonyl (C=O) groups excluding carboxylic acids is 1. The molecule has 0 atom stereocenters. The second-order valence-corrected chi connectivity index (χ2v) is 6.36. The standard InChI is InChI=1S/C21H20N6O/c28-21(23-10-7-16-12-24-18-4-2-1-3-17(16)18)19-13-27-20(14-25-19)26-11-15-5-8-22-9-6-15/h1-6,8-9,12-14,24H,7,10-11H2,(H,23,28)(H,26,27). The number of benzene rings is 1. The number of hydrogen-bond acceptors (Lipinski definition) is 5. The van der Waals surface area contributed by atoms with Crippen LogP contribution in [-0.2, 0) is 13.0 Å². The number of para-hydroxylation sites is 1. The van der Waals surface area contributed by atoms with Crippen LogP contribution in [0.25, 0.3) is 10.9 Å². The van der Waals surface area contributed by atoms with E-state index in [1.54, 1.807) is 18.6 Å².